The van der Waals surface area contributed by atoms with E-state index in [1.54, 1.807) is 12.4 Å². The van der Waals surface area contributed by atoms with E-state index in [4.69, 9.17) is 9.15 Å². The van der Waals surface area contributed by atoms with Crippen LogP contribution < -0.4 is 0 Å². The maximum atomic E-state index is 11.0. The molecule has 0 aliphatic heterocycles. The topological polar surface area (TPSA) is 94.2 Å². The van der Waals surface area contributed by atoms with Crippen LogP contribution in [0.3, 0.4) is 0 Å². The zero-order valence-electron chi connectivity index (χ0n) is 18.6. The largest absolute Gasteiger partial charge is 0.461 e. The van der Waals surface area contributed by atoms with Crippen molar-refractivity contribution in [2.45, 2.75) is 13.5 Å². The van der Waals surface area contributed by atoms with Crippen molar-refractivity contribution >= 4 is 11.7 Å². The SMILES string of the molecule is C=C(c1ccc(-c2cncc(-c3nnc(-c4ccc(COC(C)=O)cc4)o3)n2)cc1)N(C)C. The van der Waals surface area contributed by atoms with Gasteiger partial charge in [-0.25, -0.2) is 4.98 Å². The van der Waals surface area contributed by atoms with Gasteiger partial charge in [-0.05, 0) is 23.3 Å². The summed E-state index contributed by atoms with van der Waals surface area (Å²) in [7, 11) is 3.92. The lowest BCUT2D eigenvalue weighted by Gasteiger charge is -2.15. The Balaban J connectivity index is 1.53. The monoisotopic (exact) mass is 441 g/mol. The zero-order valence-corrected chi connectivity index (χ0v) is 18.6. The first-order valence-corrected chi connectivity index (χ1v) is 10.3. The number of ether oxygens (including phenoxy) is 1. The first kappa shape index (κ1) is 21.9. The van der Waals surface area contributed by atoms with E-state index in [-0.39, 0.29) is 18.5 Å². The van der Waals surface area contributed by atoms with Gasteiger partial charge < -0.3 is 14.1 Å². The Hall–Kier alpha value is -4.33. The summed E-state index contributed by atoms with van der Waals surface area (Å²) in [5, 5.41) is 8.26. The molecule has 33 heavy (non-hydrogen) atoms. The van der Waals surface area contributed by atoms with Gasteiger partial charge in [0.05, 0.1) is 18.1 Å². The Morgan fingerprint density at radius 1 is 0.939 bits per heavy atom. The fraction of sp³-hybridized carbons (Fsp3) is 0.160. The average molecular weight is 441 g/mol. The minimum absolute atomic E-state index is 0.220. The maximum Gasteiger partial charge on any atom is 0.302 e. The molecule has 8 heteroatoms. The summed E-state index contributed by atoms with van der Waals surface area (Å²) in [6.07, 6.45) is 3.28. The van der Waals surface area contributed by atoms with Crippen LogP contribution in [0.5, 0.6) is 0 Å². The third-order valence-corrected chi connectivity index (χ3v) is 4.98. The third-order valence-electron chi connectivity index (χ3n) is 4.98. The van der Waals surface area contributed by atoms with Gasteiger partial charge in [0.2, 0.25) is 5.89 Å². The highest BCUT2D eigenvalue weighted by Gasteiger charge is 2.14. The smallest absolute Gasteiger partial charge is 0.302 e. The molecule has 0 unspecified atom stereocenters. The van der Waals surface area contributed by atoms with Crippen molar-refractivity contribution in [3.05, 3.63) is 78.6 Å². The van der Waals surface area contributed by atoms with E-state index in [1.165, 1.54) is 6.92 Å². The molecule has 0 N–H and O–H groups in total. The second kappa shape index (κ2) is 9.44. The maximum absolute atomic E-state index is 11.0. The first-order valence-electron chi connectivity index (χ1n) is 10.3. The summed E-state index contributed by atoms with van der Waals surface area (Å²) < 4.78 is 10.8. The van der Waals surface area contributed by atoms with Gasteiger partial charge >= 0.3 is 5.97 Å². The van der Waals surface area contributed by atoms with E-state index in [1.807, 2.05) is 67.5 Å². The lowest BCUT2D eigenvalue weighted by molar-refractivity contribution is -0.142. The third kappa shape index (κ3) is 5.12. The van der Waals surface area contributed by atoms with E-state index in [0.717, 1.165) is 28.0 Å². The van der Waals surface area contributed by atoms with Gasteiger partial charge in [0.1, 0.15) is 12.3 Å². The Labute approximate surface area is 191 Å². The minimum atomic E-state index is -0.320. The summed E-state index contributed by atoms with van der Waals surface area (Å²) >= 11 is 0. The number of rotatable bonds is 7. The van der Waals surface area contributed by atoms with Crippen LogP contribution in [0, 0.1) is 0 Å². The quantitative estimate of drug-likeness (QED) is 0.388. The Bertz CT molecular complexity index is 1280. The molecule has 0 radical (unpaired) electrons. The predicted octanol–water partition coefficient (Wildman–Crippen LogP) is 4.46. The normalized spacial score (nSPS) is 10.6. The molecule has 0 bridgehead atoms. The fourth-order valence-corrected chi connectivity index (χ4v) is 3.07. The lowest BCUT2D eigenvalue weighted by Crippen LogP contribution is -2.08. The summed E-state index contributed by atoms with van der Waals surface area (Å²) in [5.74, 6) is 0.322. The van der Waals surface area contributed by atoms with Gasteiger partial charge in [0, 0.05) is 37.8 Å². The molecular weight excluding hydrogens is 418 g/mol. The summed E-state index contributed by atoms with van der Waals surface area (Å²) in [6, 6.07) is 15.3. The second-order valence-electron chi connectivity index (χ2n) is 7.60. The predicted molar refractivity (Wildman–Crippen MR) is 124 cm³/mol. The van der Waals surface area contributed by atoms with Crippen LogP contribution in [-0.2, 0) is 16.1 Å². The van der Waals surface area contributed by atoms with Crippen molar-refractivity contribution in [1.82, 2.24) is 25.1 Å². The van der Waals surface area contributed by atoms with Crippen molar-refractivity contribution < 1.29 is 13.9 Å². The van der Waals surface area contributed by atoms with E-state index < -0.39 is 0 Å². The fourth-order valence-electron chi connectivity index (χ4n) is 3.07. The van der Waals surface area contributed by atoms with Gasteiger partial charge in [-0.15, -0.1) is 10.2 Å². The molecule has 4 rings (SSSR count). The molecule has 8 nitrogen and oxygen atoms in total. The van der Waals surface area contributed by atoms with Crippen LogP contribution in [0.2, 0.25) is 0 Å². The molecule has 2 aromatic carbocycles. The Morgan fingerprint density at radius 3 is 2.24 bits per heavy atom. The number of nitrogens with zero attached hydrogens (tertiary/aromatic N) is 5. The molecule has 0 aliphatic carbocycles. The lowest BCUT2D eigenvalue weighted by atomic mass is 10.1. The molecule has 0 atom stereocenters. The number of esters is 1. The van der Waals surface area contributed by atoms with Crippen molar-refractivity contribution in [3.63, 3.8) is 0 Å². The van der Waals surface area contributed by atoms with Crippen molar-refractivity contribution in [2.24, 2.45) is 0 Å². The number of carbonyl (C=O) groups excluding carboxylic acids is 1. The van der Waals surface area contributed by atoms with Crippen molar-refractivity contribution in [2.75, 3.05) is 14.1 Å². The van der Waals surface area contributed by atoms with E-state index in [2.05, 4.69) is 26.7 Å². The number of hydrogen-bond acceptors (Lipinski definition) is 8. The number of carbonyl (C=O) groups is 1. The minimum Gasteiger partial charge on any atom is -0.461 e. The van der Waals surface area contributed by atoms with Crippen molar-refractivity contribution in [1.29, 1.82) is 0 Å². The second-order valence-corrected chi connectivity index (χ2v) is 7.60. The van der Waals surface area contributed by atoms with Gasteiger partial charge in [0.15, 0.2) is 0 Å². The number of benzene rings is 2. The highest BCUT2D eigenvalue weighted by molar-refractivity contribution is 5.68. The molecule has 0 amide bonds. The first-order chi connectivity index (χ1) is 15.9. The Kier molecular flexibility index (Phi) is 6.26. The highest BCUT2D eigenvalue weighted by atomic mass is 16.5. The van der Waals surface area contributed by atoms with Gasteiger partial charge in [-0.3, -0.25) is 9.78 Å². The van der Waals surface area contributed by atoms with E-state index >= 15 is 0 Å². The standard InChI is InChI=1S/C25H23N5O3/c1-16(30(3)4)19-9-11-20(12-10-19)22-13-26-14-23(27-22)25-29-28-24(33-25)21-7-5-18(6-8-21)15-32-17(2)31/h5-14H,1,15H2,2-4H3. The molecule has 4 aromatic rings. The zero-order chi connectivity index (χ0) is 23.4. The molecule has 0 spiro atoms. The van der Waals surface area contributed by atoms with Gasteiger partial charge in [0.25, 0.3) is 5.89 Å². The van der Waals surface area contributed by atoms with E-state index in [9.17, 15) is 4.79 Å². The molecule has 2 heterocycles. The highest BCUT2D eigenvalue weighted by Crippen LogP contribution is 2.26. The summed E-state index contributed by atoms with van der Waals surface area (Å²) in [6.45, 7) is 5.68. The molecule has 0 fully saturated rings. The number of hydrogen-bond donors (Lipinski definition) is 0. The average Bonchev–Trinajstić information content (AvgIpc) is 3.33. The molecule has 2 aromatic heterocycles. The summed E-state index contributed by atoms with van der Waals surface area (Å²) in [4.78, 5) is 21.9. The van der Waals surface area contributed by atoms with Gasteiger partial charge in [-0.2, -0.15) is 0 Å². The van der Waals surface area contributed by atoms with Crippen LogP contribution in [0.4, 0.5) is 0 Å². The number of aromatic nitrogens is 4. The molecular formula is C25H23N5O3. The molecule has 166 valence electrons. The molecule has 0 saturated carbocycles. The van der Waals surface area contributed by atoms with Crippen LogP contribution in [-0.4, -0.2) is 45.1 Å². The Morgan fingerprint density at radius 2 is 1.58 bits per heavy atom. The summed E-state index contributed by atoms with van der Waals surface area (Å²) in [5.41, 5.74) is 5.69. The van der Waals surface area contributed by atoms with E-state index in [0.29, 0.717) is 17.3 Å². The van der Waals surface area contributed by atoms with Crippen LogP contribution >= 0.6 is 0 Å². The molecule has 0 aliphatic rings. The van der Waals surface area contributed by atoms with Crippen LogP contribution in [0.25, 0.3) is 40.0 Å². The van der Waals surface area contributed by atoms with Crippen LogP contribution in [0.1, 0.15) is 18.1 Å². The van der Waals surface area contributed by atoms with Gasteiger partial charge in [-0.1, -0.05) is 43.0 Å². The van der Waals surface area contributed by atoms with Crippen LogP contribution in [0.15, 0.2) is 71.9 Å². The van der Waals surface area contributed by atoms with Crippen molar-refractivity contribution in [3.8, 4) is 34.3 Å². The molecule has 0 saturated heterocycles.